The van der Waals surface area contributed by atoms with Gasteiger partial charge in [0.2, 0.25) is 0 Å². The van der Waals surface area contributed by atoms with E-state index in [0.29, 0.717) is 17.4 Å². The summed E-state index contributed by atoms with van der Waals surface area (Å²) in [6.07, 6.45) is 1.64. The molecule has 0 aliphatic carbocycles. The number of carboxylic acid groups (broad SMARTS) is 1. The van der Waals surface area contributed by atoms with Crippen LogP contribution in [0.2, 0.25) is 0 Å². The molecule has 0 aromatic carbocycles. The van der Waals surface area contributed by atoms with E-state index in [1.54, 1.807) is 19.2 Å². The number of hydrogen-bond donors (Lipinski definition) is 1. The highest BCUT2D eigenvalue weighted by atomic mass is 32.2. The minimum atomic E-state index is -0.800. The smallest absolute Gasteiger partial charge is 0.307 e. The first kappa shape index (κ1) is 13.6. The Bertz CT molecular complexity index is 397. The van der Waals surface area contributed by atoms with E-state index in [-0.39, 0.29) is 0 Å². The Morgan fingerprint density at radius 1 is 1.53 bits per heavy atom. The molecule has 17 heavy (non-hydrogen) atoms. The summed E-state index contributed by atoms with van der Waals surface area (Å²) < 4.78 is 10.1. The number of aliphatic carboxylic acids is 1. The molecule has 1 aromatic rings. The quantitative estimate of drug-likeness (QED) is 0.785. The normalized spacial score (nSPS) is 11.9. The predicted molar refractivity (Wildman–Crippen MR) is 64.9 cm³/mol. The van der Waals surface area contributed by atoms with Crippen LogP contribution in [0.25, 0.3) is 0 Å². The lowest BCUT2D eigenvalue weighted by molar-refractivity contribution is -0.140. The van der Waals surface area contributed by atoms with Crippen LogP contribution in [0.5, 0.6) is 11.6 Å². The number of rotatable bonds is 6. The van der Waals surface area contributed by atoms with Crippen molar-refractivity contribution in [3.63, 3.8) is 0 Å². The zero-order chi connectivity index (χ0) is 12.8. The Hall–Kier alpha value is -1.43. The second kappa shape index (κ2) is 6.34. The number of hydrogen-bond acceptors (Lipinski definition) is 5. The minimum absolute atomic E-state index is 0.395. The highest BCUT2D eigenvalue weighted by Crippen LogP contribution is 2.30. The molecule has 94 valence electrons. The van der Waals surface area contributed by atoms with E-state index in [1.165, 1.54) is 26.0 Å². The average Bonchev–Trinajstić information content (AvgIpc) is 2.35. The van der Waals surface area contributed by atoms with Crippen molar-refractivity contribution in [2.45, 2.75) is 11.8 Å². The lowest BCUT2D eigenvalue weighted by atomic mass is 10.2. The van der Waals surface area contributed by atoms with Gasteiger partial charge < -0.3 is 14.6 Å². The van der Waals surface area contributed by atoms with Crippen molar-refractivity contribution in [2.24, 2.45) is 5.92 Å². The van der Waals surface area contributed by atoms with Gasteiger partial charge in [0.05, 0.1) is 20.1 Å². The summed E-state index contributed by atoms with van der Waals surface area (Å²) in [4.78, 5) is 15.6. The van der Waals surface area contributed by atoms with Gasteiger partial charge in [-0.1, -0.05) is 6.92 Å². The zero-order valence-corrected chi connectivity index (χ0v) is 10.8. The minimum Gasteiger partial charge on any atom is -0.491 e. The standard InChI is InChI=1S/C11H15NO4S/c1-7(11(13)14)6-17-8-4-9(15-2)10(16-3)12-5-8/h4-5,7H,6H2,1-3H3,(H,13,14). The first-order chi connectivity index (χ1) is 8.08. The Kier molecular flexibility index (Phi) is 5.09. The van der Waals surface area contributed by atoms with E-state index in [9.17, 15) is 4.79 Å². The number of methoxy groups -OCH3 is 2. The van der Waals surface area contributed by atoms with Crippen molar-refractivity contribution in [3.05, 3.63) is 12.3 Å². The molecule has 5 nitrogen and oxygen atoms in total. The van der Waals surface area contributed by atoms with E-state index in [4.69, 9.17) is 14.6 Å². The van der Waals surface area contributed by atoms with Crippen molar-refractivity contribution >= 4 is 17.7 Å². The maximum atomic E-state index is 10.7. The summed E-state index contributed by atoms with van der Waals surface area (Å²) in [5.41, 5.74) is 0. The summed E-state index contributed by atoms with van der Waals surface area (Å²) in [6.45, 7) is 1.67. The third-order valence-corrected chi connectivity index (χ3v) is 3.35. The fourth-order valence-electron chi connectivity index (χ4n) is 1.09. The van der Waals surface area contributed by atoms with Crippen molar-refractivity contribution in [3.8, 4) is 11.6 Å². The Balaban J connectivity index is 2.69. The molecule has 0 fully saturated rings. The van der Waals surface area contributed by atoms with Crippen molar-refractivity contribution in [2.75, 3.05) is 20.0 Å². The van der Waals surface area contributed by atoms with E-state index >= 15 is 0 Å². The van der Waals surface area contributed by atoms with Gasteiger partial charge in [0.15, 0.2) is 5.75 Å². The van der Waals surface area contributed by atoms with Crippen LogP contribution in [-0.4, -0.2) is 36.0 Å². The van der Waals surface area contributed by atoms with E-state index < -0.39 is 11.9 Å². The predicted octanol–water partition coefficient (Wildman–Crippen LogP) is 1.91. The summed E-state index contributed by atoms with van der Waals surface area (Å²) in [6, 6.07) is 1.78. The van der Waals surface area contributed by atoms with E-state index in [1.807, 2.05) is 0 Å². The van der Waals surface area contributed by atoms with Gasteiger partial charge >= 0.3 is 5.97 Å². The molecule has 0 spiro atoms. The highest BCUT2D eigenvalue weighted by molar-refractivity contribution is 7.99. The van der Waals surface area contributed by atoms with Crippen LogP contribution >= 0.6 is 11.8 Å². The first-order valence-corrected chi connectivity index (χ1v) is 6.00. The monoisotopic (exact) mass is 257 g/mol. The van der Waals surface area contributed by atoms with E-state index in [2.05, 4.69) is 4.98 Å². The molecular weight excluding hydrogens is 242 g/mol. The lowest BCUT2D eigenvalue weighted by Gasteiger charge is -2.09. The van der Waals surface area contributed by atoms with Crippen LogP contribution in [0.1, 0.15) is 6.92 Å². The average molecular weight is 257 g/mol. The second-order valence-electron chi connectivity index (χ2n) is 3.43. The summed E-state index contributed by atoms with van der Waals surface area (Å²) in [5.74, 6) is 0.259. The van der Waals surface area contributed by atoms with Crippen LogP contribution in [-0.2, 0) is 4.79 Å². The Labute approximate surface area is 104 Å². The molecule has 0 bridgehead atoms. The maximum absolute atomic E-state index is 10.7. The summed E-state index contributed by atoms with van der Waals surface area (Å²) in [7, 11) is 3.05. The molecule has 0 saturated heterocycles. The van der Waals surface area contributed by atoms with Crippen molar-refractivity contribution in [1.82, 2.24) is 4.98 Å². The number of pyridine rings is 1. The highest BCUT2D eigenvalue weighted by Gasteiger charge is 2.12. The van der Waals surface area contributed by atoms with Gasteiger partial charge in [-0.3, -0.25) is 4.79 Å². The molecular formula is C11H15NO4S. The molecule has 1 unspecified atom stereocenters. The van der Waals surface area contributed by atoms with Crippen LogP contribution in [0.3, 0.4) is 0 Å². The van der Waals surface area contributed by atoms with E-state index in [0.717, 1.165) is 4.90 Å². The third-order valence-electron chi connectivity index (χ3n) is 2.13. The van der Waals surface area contributed by atoms with Crippen LogP contribution in [0, 0.1) is 5.92 Å². The number of carbonyl (C=O) groups is 1. The van der Waals surface area contributed by atoms with Crippen LogP contribution in [0.15, 0.2) is 17.2 Å². The van der Waals surface area contributed by atoms with Gasteiger partial charge in [-0.15, -0.1) is 11.8 Å². The second-order valence-corrected chi connectivity index (χ2v) is 4.53. The SMILES string of the molecule is COc1cc(SCC(C)C(=O)O)cnc1OC. The molecule has 0 saturated carbocycles. The molecule has 1 aromatic heterocycles. The molecule has 1 rings (SSSR count). The summed E-state index contributed by atoms with van der Waals surface area (Å²) >= 11 is 1.43. The number of carboxylic acids is 1. The Morgan fingerprint density at radius 3 is 2.76 bits per heavy atom. The zero-order valence-electron chi connectivity index (χ0n) is 9.97. The molecule has 0 aliphatic heterocycles. The number of nitrogens with zero attached hydrogens (tertiary/aromatic N) is 1. The van der Waals surface area contributed by atoms with Gasteiger partial charge in [0, 0.05) is 22.9 Å². The molecule has 1 N–H and O–H groups in total. The van der Waals surface area contributed by atoms with Crippen LogP contribution < -0.4 is 9.47 Å². The van der Waals surface area contributed by atoms with Gasteiger partial charge in [0.1, 0.15) is 0 Å². The largest absolute Gasteiger partial charge is 0.491 e. The topological polar surface area (TPSA) is 68.7 Å². The van der Waals surface area contributed by atoms with Gasteiger partial charge in [-0.2, -0.15) is 0 Å². The Morgan fingerprint density at radius 2 is 2.24 bits per heavy atom. The number of ether oxygens (including phenoxy) is 2. The molecule has 0 radical (unpaired) electrons. The van der Waals surface area contributed by atoms with Gasteiger partial charge in [-0.25, -0.2) is 4.98 Å². The number of aromatic nitrogens is 1. The maximum Gasteiger partial charge on any atom is 0.307 e. The van der Waals surface area contributed by atoms with Crippen LogP contribution in [0.4, 0.5) is 0 Å². The molecule has 1 atom stereocenters. The summed E-state index contributed by atoms with van der Waals surface area (Å²) in [5, 5.41) is 8.77. The van der Waals surface area contributed by atoms with Gasteiger partial charge in [0.25, 0.3) is 5.88 Å². The molecule has 1 heterocycles. The van der Waals surface area contributed by atoms with Crippen molar-refractivity contribution < 1.29 is 19.4 Å². The third kappa shape index (κ3) is 3.81. The fraction of sp³-hybridized carbons (Fsp3) is 0.455. The molecule has 6 heteroatoms. The lowest BCUT2D eigenvalue weighted by Crippen LogP contribution is -2.11. The number of thioether (sulfide) groups is 1. The fourth-order valence-corrected chi connectivity index (χ4v) is 1.99. The first-order valence-electron chi connectivity index (χ1n) is 5.02. The van der Waals surface area contributed by atoms with Gasteiger partial charge in [-0.05, 0) is 0 Å². The molecule has 0 aliphatic rings. The molecule has 0 amide bonds. The van der Waals surface area contributed by atoms with Crippen molar-refractivity contribution in [1.29, 1.82) is 0 Å².